The Hall–Kier alpha value is -4.02. The lowest BCUT2D eigenvalue weighted by Crippen LogP contribution is -2.62. The molecule has 0 N–H and O–H groups in total. The Labute approximate surface area is 226 Å². The minimum atomic E-state index is -1.52. The van der Waals surface area contributed by atoms with Crippen molar-refractivity contribution in [1.29, 1.82) is 0 Å². The second kappa shape index (κ2) is 12.5. The highest BCUT2D eigenvalue weighted by Crippen LogP contribution is 2.33. The number of carbonyl (C=O) groups excluding carboxylic acids is 4. The highest BCUT2D eigenvalue weighted by molar-refractivity contribution is 9.09. The summed E-state index contributed by atoms with van der Waals surface area (Å²) in [4.78, 5) is 51.7. The Morgan fingerprint density at radius 1 is 0.605 bits per heavy atom. The van der Waals surface area contributed by atoms with Gasteiger partial charge in [-0.15, -0.1) is 0 Å². The molecular formula is C28H23BrO9. The molecule has 0 spiro atoms. The van der Waals surface area contributed by atoms with Gasteiger partial charge in [0.15, 0.2) is 29.4 Å². The van der Waals surface area contributed by atoms with Crippen LogP contribution in [0.5, 0.6) is 0 Å². The summed E-state index contributed by atoms with van der Waals surface area (Å²) in [7, 11) is 1.14. The maximum absolute atomic E-state index is 13.1. The number of ether oxygens (including phenoxy) is 5. The molecule has 4 rings (SSSR count). The molecule has 0 saturated carbocycles. The van der Waals surface area contributed by atoms with E-state index in [1.807, 2.05) is 0 Å². The molecule has 5 atom stereocenters. The Bertz CT molecular complexity index is 1270. The van der Waals surface area contributed by atoms with E-state index >= 15 is 0 Å². The third-order valence-corrected chi connectivity index (χ3v) is 6.41. The van der Waals surface area contributed by atoms with Crippen LogP contribution in [0, 0.1) is 0 Å². The Balaban J connectivity index is 1.71. The first-order valence-electron chi connectivity index (χ1n) is 11.5. The van der Waals surface area contributed by atoms with Crippen molar-refractivity contribution in [2.24, 2.45) is 0 Å². The zero-order valence-corrected chi connectivity index (χ0v) is 21.7. The van der Waals surface area contributed by atoms with E-state index in [0.717, 1.165) is 7.11 Å². The normalized spacial score (nSPS) is 22.5. The van der Waals surface area contributed by atoms with Crippen LogP contribution in [-0.4, -0.2) is 60.4 Å². The SMILES string of the molecule is COC(=O)C1OC(Br)C(OC(=O)c2ccccc2)[C@H](OC(=O)c2ccccc2)[C@@H]1OC(=O)c1ccccc1. The number of hydrogen-bond donors (Lipinski definition) is 0. The van der Waals surface area contributed by atoms with Crippen molar-refractivity contribution < 1.29 is 42.9 Å². The van der Waals surface area contributed by atoms with Gasteiger partial charge in [0.05, 0.1) is 23.8 Å². The molecule has 1 fully saturated rings. The van der Waals surface area contributed by atoms with Crippen molar-refractivity contribution in [2.75, 3.05) is 7.11 Å². The fourth-order valence-corrected chi connectivity index (χ4v) is 4.43. The predicted octanol–water partition coefficient (Wildman–Crippen LogP) is 3.96. The quantitative estimate of drug-likeness (QED) is 0.232. The Morgan fingerprint density at radius 3 is 1.37 bits per heavy atom. The molecule has 0 aromatic heterocycles. The molecule has 3 aromatic carbocycles. The van der Waals surface area contributed by atoms with E-state index in [1.54, 1.807) is 66.7 Å². The van der Waals surface area contributed by atoms with Gasteiger partial charge in [0.25, 0.3) is 0 Å². The topological polar surface area (TPSA) is 114 Å². The number of rotatable bonds is 7. The van der Waals surface area contributed by atoms with E-state index in [4.69, 9.17) is 23.7 Å². The van der Waals surface area contributed by atoms with Gasteiger partial charge in [-0.05, 0) is 36.4 Å². The van der Waals surface area contributed by atoms with Crippen LogP contribution in [0.25, 0.3) is 0 Å². The first kappa shape index (κ1) is 27.0. The number of carbonyl (C=O) groups is 4. The molecule has 196 valence electrons. The maximum Gasteiger partial charge on any atom is 0.339 e. The molecule has 1 aliphatic heterocycles. The summed E-state index contributed by atoms with van der Waals surface area (Å²) in [6, 6.07) is 24.2. The summed E-state index contributed by atoms with van der Waals surface area (Å²) in [5, 5.41) is -1.13. The van der Waals surface area contributed by atoms with Crippen molar-refractivity contribution in [1.82, 2.24) is 0 Å². The van der Waals surface area contributed by atoms with Gasteiger partial charge >= 0.3 is 23.9 Å². The van der Waals surface area contributed by atoms with E-state index in [0.29, 0.717) is 0 Å². The van der Waals surface area contributed by atoms with Crippen LogP contribution in [0.3, 0.4) is 0 Å². The van der Waals surface area contributed by atoms with Gasteiger partial charge in [0.1, 0.15) is 0 Å². The Kier molecular flexibility index (Phi) is 8.88. The van der Waals surface area contributed by atoms with Gasteiger partial charge in [-0.2, -0.15) is 0 Å². The van der Waals surface area contributed by atoms with E-state index < -0.39 is 53.3 Å². The lowest BCUT2D eigenvalue weighted by Gasteiger charge is -2.42. The number of hydrogen-bond acceptors (Lipinski definition) is 9. The smallest absolute Gasteiger partial charge is 0.339 e. The molecule has 3 unspecified atom stereocenters. The van der Waals surface area contributed by atoms with Crippen LogP contribution in [0.1, 0.15) is 31.1 Å². The summed E-state index contributed by atoms with van der Waals surface area (Å²) in [6.45, 7) is 0. The van der Waals surface area contributed by atoms with Crippen molar-refractivity contribution in [3.05, 3.63) is 108 Å². The lowest BCUT2D eigenvalue weighted by atomic mass is 9.98. The zero-order chi connectivity index (χ0) is 27.1. The van der Waals surface area contributed by atoms with Gasteiger partial charge in [0, 0.05) is 0 Å². The van der Waals surface area contributed by atoms with Crippen LogP contribution in [0.15, 0.2) is 91.0 Å². The highest BCUT2D eigenvalue weighted by atomic mass is 79.9. The van der Waals surface area contributed by atoms with Gasteiger partial charge in [-0.3, -0.25) is 0 Å². The maximum atomic E-state index is 13.1. The fraction of sp³-hybridized carbons (Fsp3) is 0.214. The lowest BCUT2D eigenvalue weighted by molar-refractivity contribution is -0.210. The fourth-order valence-electron chi connectivity index (χ4n) is 3.79. The van der Waals surface area contributed by atoms with Crippen molar-refractivity contribution >= 4 is 39.8 Å². The summed E-state index contributed by atoms with van der Waals surface area (Å²) < 4.78 is 27.7. The zero-order valence-electron chi connectivity index (χ0n) is 20.1. The molecule has 0 bridgehead atoms. The van der Waals surface area contributed by atoms with Crippen LogP contribution in [-0.2, 0) is 28.5 Å². The number of esters is 4. The summed E-state index contributed by atoms with van der Waals surface area (Å²) in [5.74, 6) is -3.22. The van der Waals surface area contributed by atoms with Crippen LogP contribution >= 0.6 is 15.9 Å². The number of methoxy groups -OCH3 is 1. The van der Waals surface area contributed by atoms with Gasteiger partial charge in [0.2, 0.25) is 0 Å². The van der Waals surface area contributed by atoms with Crippen molar-refractivity contribution in [3.63, 3.8) is 0 Å². The standard InChI is InChI=1S/C28H23BrO9/c1-34-28(33)23-21(37-26(31)18-13-7-3-8-14-18)20(36-25(30)17-11-5-2-6-12-17)22(24(29)35-23)38-27(32)19-15-9-4-10-16-19/h2-16,20-24H,1H3/t20-,21+,22?,23?,24?/m1/s1. The van der Waals surface area contributed by atoms with E-state index in [-0.39, 0.29) is 16.7 Å². The monoisotopic (exact) mass is 582 g/mol. The molecule has 0 aliphatic carbocycles. The molecule has 1 aliphatic rings. The average molecular weight is 583 g/mol. The summed E-state index contributed by atoms with van der Waals surface area (Å²) in [5.41, 5.74) is 0.609. The molecule has 0 amide bonds. The third kappa shape index (κ3) is 6.27. The first-order chi connectivity index (χ1) is 18.4. The van der Waals surface area contributed by atoms with Gasteiger partial charge in [-0.1, -0.05) is 70.5 Å². The molecule has 9 nitrogen and oxygen atoms in total. The number of benzene rings is 3. The first-order valence-corrected chi connectivity index (χ1v) is 12.5. The molecule has 1 saturated heterocycles. The summed E-state index contributed by atoms with van der Waals surface area (Å²) >= 11 is 3.28. The molecule has 0 radical (unpaired) electrons. The van der Waals surface area contributed by atoms with E-state index in [1.165, 1.54) is 24.3 Å². The Morgan fingerprint density at radius 2 is 0.974 bits per heavy atom. The highest BCUT2D eigenvalue weighted by Gasteiger charge is 2.54. The second-order valence-corrected chi connectivity index (χ2v) is 9.04. The van der Waals surface area contributed by atoms with Crippen molar-refractivity contribution in [2.45, 2.75) is 29.4 Å². The minimum Gasteiger partial charge on any atom is -0.467 e. The number of halogens is 1. The van der Waals surface area contributed by atoms with E-state index in [9.17, 15) is 19.2 Å². The van der Waals surface area contributed by atoms with Crippen LogP contribution < -0.4 is 0 Å². The van der Waals surface area contributed by atoms with Gasteiger partial charge in [-0.25, -0.2) is 19.2 Å². The average Bonchev–Trinajstić information content (AvgIpc) is 2.96. The molecular weight excluding hydrogens is 560 g/mol. The third-order valence-electron chi connectivity index (χ3n) is 5.67. The molecule has 10 heteroatoms. The second-order valence-electron chi connectivity index (χ2n) is 8.14. The van der Waals surface area contributed by atoms with Crippen LogP contribution in [0.2, 0.25) is 0 Å². The van der Waals surface area contributed by atoms with Crippen LogP contribution in [0.4, 0.5) is 0 Å². The predicted molar refractivity (Wildman–Crippen MR) is 137 cm³/mol. The van der Waals surface area contributed by atoms with E-state index in [2.05, 4.69) is 15.9 Å². The molecule has 1 heterocycles. The molecule has 3 aromatic rings. The van der Waals surface area contributed by atoms with Crippen molar-refractivity contribution in [3.8, 4) is 0 Å². The van der Waals surface area contributed by atoms with Gasteiger partial charge < -0.3 is 23.7 Å². The molecule has 38 heavy (non-hydrogen) atoms. The number of alkyl halides is 1. The summed E-state index contributed by atoms with van der Waals surface area (Å²) in [6.07, 6.45) is -5.79. The minimum absolute atomic E-state index is 0.183. The largest absolute Gasteiger partial charge is 0.467 e.